The third kappa shape index (κ3) is 4.00. The van der Waals surface area contributed by atoms with Crippen LogP contribution in [0.15, 0.2) is 37.3 Å². The maximum absolute atomic E-state index is 13.3. The number of carbonyl (C=O) groups is 2. The van der Waals surface area contributed by atoms with Crippen LogP contribution in [0, 0.1) is 11.8 Å². The molecule has 0 saturated carbocycles. The van der Waals surface area contributed by atoms with E-state index in [1.165, 1.54) is 0 Å². The first-order chi connectivity index (χ1) is 15.2. The van der Waals surface area contributed by atoms with E-state index in [4.69, 9.17) is 0 Å². The van der Waals surface area contributed by atoms with Gasteiger partial charge in [0.25, 0.3) is 0 Å². The van der Waals surface area contributed by atoms with E-state index < -0.39 is 6.04 Å². The smallest absolute Gasteiger partial charge is 0.243 e. The molecule has 0 radical (unpaired) electrons. The molecule has 3 fully saturated rings. The molecule has 3 aliphatic heterocycles. The topological polar surface area (TPSA) is 96.2 Å². The molecule has 1 N–H and O–H groups in total. The van der Waals surface area contributed by atoms with Gasteiger partial charge in [-0.1, -0.05) is 0 Å². The van der Waals surface area contributed by atoms with E-state index in [1.54, 1.807) is 31.1 Å². The van der Waals surface area contributed by atoms with Crippen LogP contribution in [-0.4, -0.2) is 68.0 Å². The fraction of sp³-hybridized carbons (Fsp3) is 0.591. The number of aromatic nitrogens is 4. The Kier molecular flexibility index (Phi) is 5.57. The predicted molar refractivity (Wildman–Crippen MR) is 114 cm³/mol. The summed E-state index contributed by atoms with van der Waals surface area (Å²) in [7, 11) is 0. The van der Waals surface area contributed by atoms with Crippen LogP contribution in [0.3, 0.4) is 0 Å². The van der Waals surface area contributed by atoms with Crippen LogP contribution >= 0.6 is 0 Å². The molecule has 0 unspecified atom stereocenters. The average molecular weight is 424 g/mol. The number of anilines is 1. The molecule has 2 amide bonds. The van der Waals surface area contributed by atoms with E-state index >= 15 is 0 Å². The summed E-state index contributed by atoms with van der Waals surface area (Å²) >= 11 is 0. The molecule has 2 aromatic rings. The summed E-state index contributed by atoms with van der Waals surface area (Å²) in [5, 5.41) is 3.11. The Bertz CT molecular complexity index is 904. The molecule has 0 aromatic carbocycles. The first kappa shape index (κ1) is 20.0. The lowest BCUT2D eigenvalue weighted by Crippen LogP contribution is -2.68. The van der Waals surface area contributed by atoms with Gasteiger partial charge in [0, 0.05) is 69.3 Å². The van der Waals surface area contributed by atoms with Gasteiger partial charge in [-0.15, -0.1) is 0 Å². The number of rotatable bonds is 6. The van der Waals surface area contributed by atoms with Gasteiger partial charge in [-0.05, 0) is 31.6 Å². The summed E-state index contributed by atoms with van der Waals surface area (Å²) in [6.07, 6.45) is 14.9. The Labute approximate surface area is 181 Å². The summed E-state index contributed by atoms with van der Waals surface area (Å²) in [5.74, 6) is 1.45. The summed E-state index contributed by atoms with van der Waals surface area (Å²) in [4.78, 5) is 43.2. The summed E-state index contributed by atoms with van der Waals surface area (Å²) in [5.41, 5.74) is 0. The van der Waals surface area contributed by atoms with Gasteiger partial charge in [0.05, 0.1) is 12.5 Å². The van der Waals surface area contributed by atoms with Crippen LogP contribution in [0.5, 0.6) is 0 Å². The largest absolute Gasteiger partial charge is 0.355 e. The molecule has 4 atom stereocenters. The van der Waals surface area contributed by atoms with Gasteiger partial charge in [-0.25, -0.2) is 9.97 Å². The summed E-state index contributed by atoms with van der Waals surface area (Å²) < 4.78 is 2.00. The number of imidazole rings is 1. The lowest BCUT2D eigenvalue weighted by Gasteiger charge is -2.56. The molecule has 0 aliphatic carbocycles. The second-order valence-electron chi connectivity index (χ2n) is 8.87. The van der Waals surface area contributed by atoms with E-state index in [-0.39, 0.29) is 23.8 Å². The second-order valence-corrected chi connectivity index (χ2v) is 8.87. The quantitative estimate of drug-likeness (QED) is 0.699. The van der Waals surface area contributed by atoms with E-state index in [2.05, 4.69) is 25.2 Å². The number of piperidine rings is 3. The van der Waals surface area contributed by atoms with E-state index in [9.17, 15) is 9.59 Å². The van der Waals surface area contributed by atoms with Crippen molar-refractivity contribution >= 4 is 17.6 Å². The fourth-order valence-electron chi connectivity index (χ4n) is 5.63. The number of hydrogen-bond donors (Lipinski definition) is 1. The second kappa shape index (κ2) is 8.64. The molecule has 2 bridgehead atoms. The normalized spacial score (nSPS) is 27.7. The van der Waals surface area contributed by atoms with Gasteiger partial charge in [-0.2, -0.15) is 0 Å². The van der Waals surface area contributed by atoms with Crippen LogP contribution < -0.4 is 10.2 Å². The molecule has 3 aliphatic rings. The standard InChI is InChI=1S/C22H29N7O2/c30-20-4-1-3-18-16-11-17(14-28(13-16)19-12-23-6-7-25-19)21(29(18)20)22(31)26-5-2-9-27-10-8-24-15-27/h6-8,10,12,15-18,21H,1-5,9,11,13-14H2,(H,26,31)/t16-,17+,18-,21+/m0/s1. The summed E-state index contributed by atoms with van der Waals surface area (Å²) in [6.45, 7) is 2.98. The monoisotopic (exact) mass is 423 g/mol. The van der Waals surface area contributed by atoms with Gasteiger partial charge in [-0.3, -0.25) is 14.6 Å². The van der Waals surface area contributed by atoms with Crippen LogP contribution in [0.2, 0.25) is 0 Å². The minimum atomic E-state index is -0.401. The molecular formula is C22H29N7O2. The van der Waals surface area contributed by atoms with E-state index in [0.29, 0.717) is 18.9 Å². The first-order valence-corrected chi connectivity index (χ1v) is 11.3. The van der Waals surface area contributed by atoms with Crippen LogP contribution in [0.1, 0.15) is 32.1 Å². The minimum Gasteiger partial charge on any atom is -0.355 e. The Morgan fingerprint density at radius 1 is 1.16 bits per heavy atom. The lowest BCUT2D eigenvalue weighted by molar-refractivity contribution is -0.156. The molecular weight excluding hydrogens is 394 g/mol. The molecule has 9 heteroatoms. The Morgan fingerprint density at radius 2 is 2.06 bits per heavy atom. The van der Waals surface area contributed by atoms with Gasteiger partial charge in [0.1, 0.15) is 11.9 Å². The number of fused-ring (bicyclic) bond motifs is 4. The molecule has 5 rings (SSSR count). The maximum Gasteiger partial charge on any atom is 0.243 e. The van der Waals surface area contributed by atoms with Gasteiger partial charge in [0.2, 0.25) is 11.8 Å². The average Bonchev–Trinajstić information content (AvgIpc) is 3.31. The van der Waals surface area contributed by atoms with E-state index in [1.807, 2.05) is 15.7 Å². The number of aryl methyl sites for hydroxylation is 1. The van der Waals surface area contributed by atoms with E-state index in [0.717, 1.165) is 51.1 Å². The van der Waals surface area contributed by atoms with Crippen molar-refractivity contribution in [3.8, 4) is 0 Å². The molecule has 31 heavy (non-hydrogen) atoms. The van der Waals surface area contributed by atoms with Gasteiger partial charge < -0.3 is 19.7 Å². The SMILES string of the molecule is O=C(NCCCn1ccnc1)[C@H]1[C@@H]2C[C@@H](CN(c3cnccn3)C2)[C@@H]2CCCC(=O)N21. The van der Waals surface area contributed by atoms with Gasteiger partial charge >= 0.3 is 0 Å². The zero-order chi connectivity index (χ0) is 21.2. The van der Waals surface area contributed by atoms with Crippen molar-refractivity contribution in [3.63, 3.8) is 0 Å². The number of hydrogen-bond acceptors (Lipinski definition) is 6. The number of nitrogens with zero attached hydrogens (tertiary/aromatic N) is 6. The summed E-state index contributed by atoms with van der Waals surface area (Å²) in [6, 6.07) is -0.263. The molecule has 2 aromatic heterocycles. The highest BCUT2D eigenvalue weighted by atomic mass is 16.2. The zero-order valence-corrected chi connectivity index (χ0v) is 17.6. The van der Waals surface area contributed by atoms with Gasteiger partial charge in [0.15, 0.2) is 0 Å². The minimum absolute atomic E-state index is 0.0182. The van der Waals surface area contributed by atoms with Crippen LogP contribution in [0.4, 0.5) is 5.82 Å². The molecule has 9 nitrogen and oxygen atoms in total. The number of amides is 2. The lowest BCUT2D eigenvalue weighted by atomic mass is 9.71. The molecule has 3 saturated heterocycles. The first-order valence-electron chi connectivity index (χ1n) is 11.3. The number of nitrogens with one attached hydrogen (secondary N) is 1. The zero-order valence-electron chi connectivity index (χ0n) is 17.6. The van der Waals surface area contributed by atoms with Crippen molar-refractivity contribution in [1.29, 1.82) is 0 Å². The van der Waals surface area contributed by atoms with Crippen molar-refractivity contribution < 1.29 is 9.59 Å². The number of carbonyl (C=O) groups excluding carboxylic acids is 2. The third-order valence-electron chi connectivity index (χ3n) is 6.94. The van der Waals surface area contributed by atoms with Crippen molar-refractivity contribution in [2.75, 3.05) is 24.5 Å². The molecule has 164 valence electrons. The van der Waals surface area contributed by atoms with Crippen molar-refractivity contribution in [1.82, 2.24) is 29.7 Å². The maximum atomic E-state index is 13.3. The fourth-order valence-corrected chi connectivity index (χ4v) is 5.63. The Morgan fingerprint density at radius 3 is 2.87 bits per heavy atom. The van der Waals surface area contributed by atoms with Crippen LogP contribution in [0.25, 0.3) is 0 Å². The Hall–Kier alpha value is -2.97. The molecule has 5 heterocycles. The molecule has 0 spiro atoms. The predicted octanol–water partition coefficient (Wildman–Crippen LogP) is 1.09. The highest BCUT2D eigenvalue weighted by molar-refractivity contribution is 5.89. The highest BCUT2D eigenvalue weighted by Gasteiger charge is 2.52. The Balaban J connectivity index is 1.31. The van der Waals surface area contributed by atoms with Crippen LogP contribution in [-0.2, 0) is 16.1 Å². The van der Waals surface area contributed by atoms with Crippen molar-refractivity contribution in [2.24, 2.45) is 11.8 Å². The van der Waals surface area contributed by atoms with Crippen molar-refractivity contribution in [3.05, 3.63) is 37.3 Å². The third-order valence-corrected chi connectivity index (χ3v) is 6.94. The van der Waals surface area contributed by atoms with Crippen molar-refractivity contribution in [2.45, 2.75) is 50.7 Å². The highest BCUT2D eigenvalue weighted by Crippen LogP contribution is 2.42.